The predicted molar refractivity (Wildman–Crippen MR) is 170 cm³/mol. The standard InChI is InChI=1S/C34H40ClN3O3S/c1-3-26(2)38(42(40,41)33-21-11-15-27-13-7-9-19-31(27)33)25-34(39)37(29-16-5-4-6-17-29)24-30-18-12-22-36(30)23-28-14-8-10-20-32(28)35/h7-15,18-22,26,29H,3-6,16-17,23-25H2,1-2H3/t26-/m1/s1. The third-order valence-corrected chi connectivity index (χ3v) is 11.0. The summed E-state index contributed by atoms with van der Waals surface area (Å²) < 4.78 is 32.0. The highest BCUT2D eigenvalue weighted by Gasteiger charge is 2.35. The van der Waals surface area contributed by atoms with Crippen molar-refractivity contribution in [2.24, 2.45) is 0 Å². The number of nitrogens with zero attached hydrogens (tertiary/aromatic N) is 3. The summed E-state index contributed by atoms with van der Waals surface area (Å²) in [6.45, 7) is 4.67. The van der Waals surface area contributed by atoms with Gasteiger partial charge in [0.2, 0.25) is 15.9 Å². The smallest absolute Gasteiger partial charge is 0.244 e. The van der Waals surface area contributed by atoms with Crippen LogP contribution in [0.25, 0.3) is 10.8 Å². The van der Waals surface area contributed by atoms with Gasteiger partial charge in [-0.1, -0.05) is 92.4 Å². The molecule has 1 heterocycles. The second-order valence-corrected chi connectivity index (χ2v) is 13.6. The van der Waals surface area contributed by atoms with Crippen LogP contribution in [0, 0.1) is 0 Å². The Morgan fingerprint density at radius 1 is 0.952 bits per heavy atom. The molecule has 8 heteroatoms. The molecule has 42 heavy (non-hydrogen) atoms. The molecule has 1 aliphatic rings. The van der Waals surface area contributed by atoms with Gasteiger partial charge in [0.1, 0.15) is 0 Å². The Balaban J connectivity index is 1.45. The van der Waals surface area contributed by atoms with Crippen molar-refractivity contribution >= 4 is 38.3 Å². The number of fused-ring (bicyclic) bond motifs is 1. The number of amides is 1. The van der Waals surface area contributed by atoms with E-state index in [0.29, 0.717) is 29.9 Å². The van der Waals surface area contributed by atoms with Crippen molar-refractivity contribution in [2.75, 3.05) is 6.54 Å². The first kappa shape index (κ1) is 30.3. The summed E-state index contributed by atoms with van der Waals surface area (Å²) >= 11 is 6.46. The summed E-state index contributed by atoms with van der Waals surface area (Å²) in [7, 11) is -3.95. The molecule has 3 aromatic carbocycles. The van der Waals surface area contributed by atoms with E-state index in [0.717, 1.165) is 48.7 Å². The molecule has 6 nitrogen and oxygen atoms in total. The number of carbonyl (C=O) groups is 1. The minimum absolute atomic E-state index is 0.0777. The van der Waals surface area contributed by atoms with Crippen molar-refractivity contribution in [1.82, 2.24) is 13.8 Å². The molecule has 0 bridgehead atoms. The van der Waals surface area contributed by atoms with Crippen LogP contribution in [0.2, 0.25) is 5.02 Å². The van der Waals surface area contributed by atoms with Gasteiger partial charge in [0.15, 0.2) is 0 Å². The van der Waals surface area contributed by atoms with E-state index < -0.39 is 10.0 Å². The quantitative estimate of drug-likeness (QED) is 0.178. The average Bonchev–Trinajstić information content (AvgIpc) is 3.45. The van der Waals surface area contributed by atoms with Crippen molar-refractivity contribution in [3.63, 3.8) is 0 Å². The maximum Gasteiger partial charge on any atom is 0.244 e. The van der Waals surface area contributed by atoms with E-state index in [1.807, 2.05) is 91.7 Å². The van der Waals surface area contributed by atoms with Gasteiger partial charge in [0.05, 0.1) is 18.0 Å². The third-order valence-electron chi connectivity index (χ3n) is 8.60. The lowest BCUT2D eigenvalue weighted by molar-refractivity contribution is -0.135. The van der Waals surface area contributed by atoms with E-state index in [-0.39, 0.29) is 29.4 Å². The van der Waals surface area contributed by atoms with Gasteiger partial charge in [-0.15, -0.1) is 0 Å². The van der Waals surface area contributed by atoms with Crippen LogP contribution in [0.15, 0.2) is 90.0 Å². The molecule has 0 aliphatic heterocycles. The fourth-order valence-corrected chi connectivity index (χ4v) is 8.06. The lowest BCUT2D eigenvalue weighted by Crippen LogP contribution is -2.49. The van der Waals surface area contributed by atoms with Crippen LogP contribution in [0.4, 0.5) is 0 Å². The van der Waals surface area contributed by atoms with Crippen molar-refractivity contribution in [3.8, 4) is 0 Å². The van der Waals surface area contributed by atoms with Gasteiger partial charge in [0.25, 0.3) is 0 Å². The van der Waals surface area contributed by atoms with Crippen LogP contribution < -0.4 is 0 Å². The van der Waals surface area contributed by atoms with Crippen LogP contribution in [-0.4, -0.2) is 46.7 Å². The third kappa shape index (κ3) is 6.59. The van der Waals surface area contributed by atoms with Gasteiger partial charge in [0, 0.05) is 40.9 Å². The van der Waals surface area contributed by atoms with Gasteiger partial charge < -0.3 is 9.47 Å². The number of rotatable bonds is 11. The number of halogens is 1. The molecule has 5 rings (SSSR count). The second-order valence-electron chi connectivity index (χ2n) is 11.3. The zero-order chi connectivity index (χ0) is 29.7. The monoisotopic (exact) mass is 605 g/mol. The molecule has 0 spiro atoms. The predicted octanol–water partition coefficient (Wildman–Crippen LogP) is 7.49. The van der Waals surface area contributed by atoms with Crippen molar-refractivity contribution in [2.45, 2.75) is 82.4 Å². The average molecular weight is 606 g/mol. The van der Waals surface area contributed by atoms with Crippen LogP contribution in [-0.2, 0) is 27.9 Å². The molecule has 1 atom stereocenters. The summed E-state index contributed by atoms with van der Waals surface area (Å²) in [5.74, 6) is -0.156. The van der Waals surface area contributed by atoms with Crippen LogP contribution in [0.5, 0.6) is 0 Å². The minimum Gasteiger partial charge on any atom is -0.345 e. The highest BCUT2D eigenvalue weighted by atomic mass is 35.5. The summed E-state index contributed by atoms with van der Waals surface area (Å²) in [5.41, 5.74) is 2.01. The van der Waals surface area contributed by atoms with E-state index >= 15 is 0 Å². The van der Waals surface area contributed by atoms with E-state index in [4.69, 9.17) is 11.6 Å². The zero-order valence-electron chi connectivity index (χ0n) is 24.5. The van der Waals surface area contributed by atoms with Crippen LogP contribution in [0.3, 0.4) is 0 Å². The SMILES string of the molecule is CC[C@@H](C)N(CC(=O)N(Cc1cccn1Cc1ccccc1Cl)C1CCCCC1)S(=O)(=O)c1cccc2ccccc12. The first-order valence-electron chi connectivity index (χ1n) is 15.0. The first-order valence-corrected chi connectivity index (χ1v) is 16.8. The molecule has 1 aromatic heterocycles. The largest absolute Gasteiger partial charge is 0.345 e. The Kier molecular flexibility index (Phi) is 9.71. The highest BCUT2D eigenvalue weighted by Crippen LogP contribution is 2.29. The minimum atomic E-state index is -3.95. The van der Waals surface area contributed by atoms with Crippen molar-refractivity contribution in [3.05, 3.63) is 101 Å². The Labute approximate surface area is 254 Å². The van der Waals surface area contributed by atoms with Crippen LogP contribution >= 0.6 is 11.6 Å². The molecule has 0 radical (unpaired) electrons. The Bertz CT molecular complexity index is 1620. The lowest BCUT2D eigenvalue weighted by atomic mass is 9.94. The molecular formula is C34H40ClN3O3S. The maximum atomic E-state index is 14.3. The number of sulfonamides is 1. The first-order chi connectivity index (χ1) is 20.3. The molecule has 0 unspecified atom stereocenters. The zero-order valence-corrected chi connectivity index (χ0v) is 26.0. The van der Waals surface area contributed by atoms with Gasteiger partial charge in [-0.3, -0.25) is 4.79 Å². The summed E-state index contributed by atoms with van der Waals surface area (Å²) in [5, 5.41) is 2.24. The summed E-state index contributed by atoms with van der Waals surface area (Å²) in [6.07, 6.45) is 7.76. The number of hydrogen-bond donors (Lipinski definition) is 0. The van der Waals surface area contributed by atoms with Crippen molar-refractivity contribution < 1.29 is 13.2 Å². The van der Waals surface area contributed by atoms with Gasteiger partial charge in [-0.25, -0.2) is 8.42 Å². The van der Waals surface area contributed by atoms with Gasteiger partial charge in [-0.05, 0) is 61.4 Å². The Hall–Kier alpha value is -3.13. The molecule has 222 valence electrons. The maximum absolute atomic E-state index is 14.3. The summed E-state index contributed by atoms with van der Waals surface area (Å²) in [6, 6.07) is 24.4. The van der Waals surface area contributed by atoms with E-state index in [1.165, 1.54) is 4.31 Å². The second kappa shape index (κ2) is 13.4. The fraction of sp³-hybridized carbons (Fsp3) is 0.382. The molecule has 4 aromatic rings. The molecule has 1 fully saturated rings. The number of aromatic nitrogens is 1. The number of hydrogen-bond acceptors (Lipinski definition) is 3. The van der Waals surface area contributed by atoms with Crippen LogP contribution in [0.1, 0.15) is 63.6 Å². The molecule has 0 saturated heterocycles. The molecule has 1 saturated carbocycles. The van der Waals surface area contributed by atoms with E-state index in [9.17, 15) is 13.2 Å². The van der Waals surface area contributed by atoms with E-state index in [2.05, 4.69) is 4.57 Å². The Morgan fingerprint density at radius 3 is 2.43 bits per heavy atom. The lowest BCUT2D eigenvalue weighted by Gasteiger charge is -2.37. The Morgan fingerprint density at radius 2 is 1.67 bits per heavy atom. The molecule has 1 amide bonds. The normalized spacial score (nSPS) is 15.2. The molecule has 0 N–H and O–H groups in total. The van der Waals surface area contributed by atoms with Gasteiger partial charge >= 0.3 is 0 Å². The molecule has 1 aliphatic carbocycles. The fourth-order valence-electron chi connectivity index (χ4n) is 6.00. The van der Waals surface area contributed by atoms with E-state index in [1.54, 1.807) is 12.1 Å². The van der Waals surface area contributed by atoms with Crippen molar-refractivity contribution in [1.29, 1.82) is 0 Å². The highest BCUT2D eigenvalue weighted by molar-refractivity contribution is 7.89. The number of benzene rings is 3. The number of carbonyl (C=O) groups excluding carboxylic acids is 1. The van der Waals surface area contributed by atoms with Gasteiger partial charge in [-0.2, -0.15) is 4.31 Å². The molecular weight excluding hydrogens is 566 g/mol. The topological polar surface area (TPSA) is 62.6 Å². The summed E-state index contributed by atoms with van der Waals surface area (Å²) in [4.78, 5) is 16.4.